The van der Waals surface area contributed by atoms with Crippen LogP contribution in [-0.4, -0.2) is 35.3 Å². The van der Waals surface area contributed by atoms with Gasteiger partial charge in [0.25, 0.3) is 0 Å². The Balaban J connectivity index is 1.84. The first kappa shape index (κ1) is 13.8. The topological polar surface area (TPSA) is 104 Å². The highest BCUT2D eigenvalue weighted by Gasteiger charge is 2.06. The molecule has 8 heteroatoms. The molecule has 8 nitrogen and oxygen atoms in total. The summed E-state index contributed by atoms with van der Waals surface area (Å²) in [4.78, 5) is 11.7. The summed E-state index contributed by atoms with van der Waals surface area (Å²) in [6, 6.07) is 9.67. The second kappa shape index (κ2) is 7.10. The Kier molecular flexibility index (Phi) is 4.90. The summed E-state index contributed by atoms with van der Waals surface area (Å²) in [5.74, 6) is 6.17. The molecule has 1 aromatic carbocycles. The summed E-state index contributed by atoms with van der Waals surface area (Å²) < 4.78 is 15.7. The maximum absolute atomic E-state index is 5.47. The summed E-state index contributed by atoms with van der Waals surface area (Å²) in [6.45, 7) is 0.648. The van der Waals surface area contributed by atoms with E-state index in [0.717, 1.165) is 5.75 Å². The maximum atomic E-state index is 5.47. The molecule has 0 radical (unpaired) electrons. The van der Waals surface area contributed by atoms with Crippen molar-refractivity contribution in [3.8, 4) is 17.8 Å². The minimum Gasteiger partial charge on any atom is -0.490 e. The fraction of sp³-hybridized carbons (Fsp3) is 0.250. The number of hydrogen-bond donors (Lipinski definition) is 2. The van der Waals surface area contributed by atoms with Crippen molar-refractivity contribution in [2.24, 2.45) is 5.84 Å². The van der Waals surface area contributed by atoms with Gasteiger partial charge < -0.3 is 14.2 Å². The minimum absolute atomic E-state index is 0.112. The number of aromatic nitrogens is 3. The van der Waals surface area contributed by atoms with E-state index in [4.69, 9.17) is 20.1 Å². The molecule has 0 aliphatic carbocycles. The van der Waals surface area contributed by atoms with E-state index in [2.05, 4.69) is 20.4 Å². The Morgan fingerprint density at radius 3 is 2.40 bits per heavy atom. The van der Waals surface area contributed by atoms with Crippen molar-refractivity contribution in [2.75, 3.05) is 25.7 Å². The zero-order chi connectivity index (χ0) is 14.2. The van der Waals surface area contributed by atoms with Gasteiger partial charge in [-0.2, -0.15) is 9.97 Å². The second-order valence-electron chi connectivity index (χ2n) is 3.58. The molecule has 0 aliphatic rings. The Labute approximate surface area is 115 Å². The van der Waals surface area contributed by atoms with Crippen LogP contribution >= 0.6 is 0 Å². The highest BCUT2D eigenvalue weighted by Crippen LogP contribution is 2.12. The number of anilines is 1. The van der Waals surface area contributed by atoms with Crippen LogP contribution in [0.15, 0.2) is 30.3 Å². The molecule has 2 aromatic rings. The molecule has 0 unspecified atom stereocenters. The van der Waals surface area contributed by atoms with Crippen molar-refractivity contribution in [2.45, 2.75) is 0 Å². The molecule has 0 amide bonds. The number of hydrazine groups is 1. The Morgan fingerprint density at radius 2 is 1.70 bits per heavy atom. The zero-order valence-corrected chi connectivity index (χ0v) is 10.9. The number of hydrogen-bond acceptors (Lipinski definition) is 8. The fourth-order valence-electron chi connectivity index (χ4n) is 1.37. The Bertz CT molecular complexity index is 516. The molecule has 0 aliphatic heterocycles. The average Bonchev–Trinajstić information content (AvgIpc) is 2.52. The number of nitrogens with zero attached hydrogens (tertiary/aromatic N) is 3. The lowest BCUT2D eigenvalue weighted by atomic mass is 10.3. The molecule has 1 heterocycles. The van der Waals surface area contributed by atoms with E-state index >= 15 is 0 Å². The van der Waals surface area contributed by atoms with Crippen molar-refractivity contribution in [3.05, 3.63) is 30.3 Å². The van der Waals surface area contributed by atoms with Gasteiger partial charge in [0.05, 0.1) is 7.11 Å². The number of nitrogen functional groups attached to an aromatic ring is 1. The highest BCUT2D eigenvalue weighted by molar-refractivity contribution is 5.25. The van der Waals surface area contributed by atoms with Gasteiger partial charge in [-0.15, -0.1) is 4.98 Å². The van der Waals surface area contributed by atoms with Crippen LogP contribution in [0.1, 0.15) is 0 Å². The predicted octanol–water partition coefficient (Wildman–Crippen LogP) is 0.624. The van der Waals surface area contributed by atoms with Crippen LogP contribution in [0.3, 0.4) is 0 Å². The number of nitrogens with two attached hydrogens (primary N) is 1. The highest BCUT2D eigenvalue weighted by atomic mass is 16.5. The molecule has 20 heavy (non-hydrogen) atoms. The summed E-state index contributed by atoms with van der Waals surface area (Å²) >= 11 is 0. The molecular weight excluding hydrogens is 262 g/mol. The number of nitrogens with one attached hydrogen (secondary N) is 1. The summed E-state index contributed by atoms with van der Waals surface area (Å²) in [5, 5.41) is 0. The summed E-state index contributed by atoms with van der Waals surface area (Å²) in [6.07, 6.45) is 0. The van der Waals surface area contributed by atoms with Crippen molar-refractivity contribution < 1.29 is 14.2 Å². The SMILES string of the molecule is COc1nc(NN)nc(OCCOc2ccccc2)n1. The number of para-hydroxylation sites is 1. The van der Waals surface area contributed by atoms with Crippen LogP contribution in [0.2, 0.25) is 0 Å². The lowest BCUT2D eigenvalue weighted by Gasteiger charge is -2.08. The minimum atomic E-state index is 0.112. The first-order valence-electron chi connectivity index (χ1n) is 5.89. The molecule has 106 valence electrons. The van der Waals surface area contributed by atoms with Crippen molar-refractivity contribution in [1.29, 1.82) is 0 Å². The van der Waals surface area contributed by atoms with Crippen LogP contribution in [0, 0.1) is 0 Å². The van der Waals surface area contributed by atoms with Crippen LogP contribution in [-0.2, 0) is 0 Å². The molecule has 3 N–H and O–H groups in total. The quantitative estimate of drug-likeness (QED) is 0.431. The normalized spacial score (nSPS) is 9.90. The molecule has 0 saturated carbocycles. The Morgan fingerprint density at radius 1 is 1.00 bits per heavy atom. The molecular formula is C12H15N5O3. The molecule has 0 fully saturated rings. The van der Waals surface area contributed by atoms with E-state index in [-0.39, 0.29) is 24.6 Å². The molecule has 0 atom stereocenters. The summed E-state index contributed by atoms with van der Waals surface area (Å²) in [5.41, 5.74) is 2.30. The maximum Gasteiger partial charge on any atom is 0.324 e. The molecule has 0 spiro atoms. The predicted molar refractivity (Wildman–Crippen MR) is 71.6 cm³/mol. The second-order valence-corrected chi connectivity index (χ2v) is 3.58. The van der Waals surface area contributed by atoms with E-state index in [1.807, 2.05) is 30.3 Å². The largest absolute Gasteiger partial charge is 0.490 e. The number of methoxy groups -OCH3 is 1. The van der Waals surface area contributed by atoms with Crippen molar-refractivity contribution in [3.63, 3.8) is 0 Å². The van der Waals surface area contributed by atoms with Gasteiger partial charge >= 0.3 is 12.0 Å². The van der Waals surface area contributed by atoms with E-state index in [9.17, 15) is 0 Å². The Hall–Kier alpha value is -2.61. The van der Waals surface area contributed by atoms with Gasteiger partial charge in [-0.3, -0.25) is 5.43 Å². The first-order valence-corrected chi connectivity index (χ1v) is 5.89. The lowest BCUT2D eigenvalue weighted by molar-refractivity contribution is 0.203. The fourth-order valence-corrected chi connectivity index (χ4v) is 1.37. The van der Waals surface area contributed by atoms with Crippen LogP contribution in [0.4, 0.5) is 5.95 Å². The van der Waals surface area contributed by atoms with Crippen LogP contribution in [0.25, 0.3) is 0 Å². The first-order chi connectivity index (χ1) is 9.81. The average molecular weight is 277 g/mol. The molecule has 0 bridgehead atoms. The van der Waals surface area contributed by atoms with Gasteiger partial charge in [-0.1, -0.05) is 18.2 Å². The van der Waals surface area contributed by atoms with Gasteiger partial charge in [0, 0.05) is 0 Å². The molecule has 0 saturated heterocycles. The smallest absolute Gasteiger partial charge is 0.324 e. The monoisotopic (exact) mass is 277 g/mol. The van der Waals surface area contributed by atoms with E-state index in [0.29, 0.717) is 6.61 Å². The van der Waals surface area contributed by atoms with E-state index in [1.165, 1.54) is 7.11 Å². The molecule has 2 rings (SSSR count). The van der Waals surface area contributed by atoms with Gasteiger partial charge in [0.2, 0.25) is 5.95 Å². The third-order valence-corrected chi connectivity index (χ3v) is 2.23. The number of ether oxygens (including phenoxy) is 3. The molecule has 1 aromatic heterocycles. The van der Waals surface area contributed by atoms with Gasteiger partial charge in [-0.05, 0) is 12.1 Å². The standard InChI is InChI=1S/C12H15N5O3/c1-18-11-14-10(17-13)15-12(16-11)20-8-7-19-9-5-3-2-4-6-9/h2-6H,7-8,13H2,1H3,(H,14,15,16,17). The van der Waals surface area contributed by atoms with Crippen LogP contribution in [0.5, 0.6) is 17.8 Å². The number of rotatable bonds is 7. The van der Waals surface area contributed by atoms with E-state index in [1.54, 1.807) is 0 Å². The van der Waals surface area contributed by atoms with Crippen molar-refractivity contribution in [1.82, 2.24) is 15.0 Å². The van der Waals surface area contributed by atoms with E-state index < -0.39 is 0 Å². The van der Waals surface area contributed by atoms with Gasteiger partial charge in [-0.25, -0.2) is 5.84 Å². The van der Waals surface area contributed by atoms with Gasteiger partial charge in [0.15, 0.2) is 0 Å². The van der Waals surface area contributed by atoms with Gasteiger partial charge in [0.1, 0.15) is 19.0 Å². The van der Waals surface area contributed by atoms with Crippen molar-refractivity contribution >= 4 is 5.95 Å². The third kappa shape index (κ3) is 3.95. The number of benzene rings is 1. The zero-order valence-electron chi connectivity index (χ0n) is 10.9. The van der Waals surface area contributed by atoms with Crippen LogP contribution < -0.4 is 25.5 Å². The summed E-state index contributed by atoms with van der Waals surface area (Å²) in [7, 11) is 1.44. The lowest BCUT2D eigenvalue weighted by Crippen LogP contribution is -2.15. The third-order valence-electron chi connectivity index (χ3n) is 2.23.